The molecule has 6 rings (SSSR count). The van der Waals surface area contributed by atoms with Crippen molar-refractivity contribution in [2.75, 3.05) is 6.61 Å². The summed E-state index contributed by atoms with van der Waals surface area (Å²) in [6.45, 7) is 25.5. The lowest BCUT2D eigenvalue weighted by atomic mass is 9.95. The minimum absolute atomic E-state index is 0.0353. The highest BCUT2D eigenvalue weighted by molar-refractivity contribution is 5.48. The summed E-state index contributed by atoms with van der Waals surface area (Å²) in [7, 11) is 0. The molecule has 14 nitrogen and oxygen atoms in total. The largest absolute Gasteiger partial charge is 0.492 e. The first-order chi connectivity index (χ1) is 22.5. The molecule has 0 spiro atoms. The van der Waals surface area contributed by atoms with Gasteiger partial charge >= 0.3 is 0 Å². The number of ether oxygens (including phenoxy) is 1. The molecule has 5 heterocycles. The molecule has 1 N–H and O–H groups in total. The second-order valence-electron chi connectivity index (χ2n) is 14.3. The van der Waals surface area contributed by atoms with Crippen LogP contribution in [-0.4, -0.2) is 66.3 Å². The Balaban J connectivity index is 0.000000165. The van der Waals surface area contributed by atoms with E-state index in [4.69, 9.17) is 9.26 Å². The minimum atomic E-state index is -0.0689. The van der Waals surface area contributed by atoms with E-state index in [-0.39, 0.29) is 16.2 Å². The van der Waals surface area contributed by atoms with E-state index in [1.165, 1.54) is 6.26 Å². The monoisotopic (exact) mass is 656 g/mol. The third kappa shape index (κ3) is 8.22. The number of para-hydroxylation sites is 2. The fraction of sp³-hybridized carbons (Fsp3) is 0.471. The van der Waals surface area contributed by atoms with Gasteiger partial charge in [0.2, 0.25) is 0 Å². The predicted octanol–water partition coefficient (Wildman–Crippen LogP) is 6.42. The van der Waals surface area contributed by atoms with Crippen molar-refractivity contribution in [2.24, 2.45) is 0 Å². The van der Waals surface area contributed by atoms with Gasteiger partial charge in [0.1, 0.15) is 53.3 Å². The maximum atomic E-state index is 5.71. The van der Waals surface area contributed by atoms with Gasteiger partial charge in [0.05, 0.1) is 18.5 Å². The SMILES string of the molecule is CC(C)(C)c1nncn1-c1ccon1.CCOc1ccccc1-n1c(C)nnc1C(C)(C)C.Cc1nnc(C(C)(C)C)n1-c1ccn[nH]1. The first-order valence-corrected chi connectivity index (χ1v) is 15.9. The number of nitrogens with zero attached hydrogens (tertiary/aromatic N) is 11. The summed E-state index contributed by atoms with van der Waals surface area (Å²) in [6.07, 6.45) is 4.89. The number of hydrogen-bond donors (Lipinski definition) is 1. The summed E-state index contributed by atoms with van der Waals surface area (Å²) >= 11 is 0. The summed E-state index contributed by atoms with van der Waals surface area (Å²) in [4.78, 5) is 0. The maximum absolute atomic E-state index is 5.71. The van der Waals surface area contributed by atoms with Gasteiger partial charge in [-0.2, -0.15) is 5.10 Å². The zero-order chi connectivity index (χ0) is 35.3. The Kier molecular flexibility index (Phi) is 10.7. The molecule has 0 amide bonds. The first-order valence-electron chi connectivity index (χ1n) is 15.9. The van der Waals surface area contributed by atoms with Gasteiger partial charge in [-0.1, -0.05) is 79.6 Å². The Hall–Kier alpha value is -5.14. The Bertz CT molecular complexity index is 1860. The Morgan fingerprint density at radius 1 is 0.729 bits per heavy atom. The van der Waals surface area contributed by atoms with E-state index in [0.717, 1.165) is 46.4 Å². The molecule has 0 aliphatic carbocycles. The van der Waals surface area contributed by atoms with E-state index in [1.54, 1.807) is 18.6 Å². The van der Waals surface area contributed by atoms with Crippen molar-refractivity contribution >= 4 is 0 Å². The van der Waals surface area contributed by atoms with Crippen LogP contribution in [0.5, 0.6) is 5.75 Å². The lowest BCUT2D eigenvalue weighted by Gasteiger charge is -2.21. The molecule has 5 aromatic heterocycles. The molecule has 0 fully saturated rings. The van der Waals surface area contributed by atoms with Crippen LogP contribution >= 0.6 is 0 Å². The lowest BCUT2D eigenvalue weighted by Crippen LogP contribution is -2.19. The molecule has 0 unspecified atom stereocenters. The second kappa shape index (κ2) is 14.3. The standard InChI is InChI=1S/C15H21N3O.C10H15N5.C9H12N4O/c1-6-19-13-10-8-7-9-12(13)18-11(2)16-17-14(18)15(3,4)5;1-7-12-14-9(10(2,3)4)15(7)8-5-6-11-13-8;1-9(2,3)8-11-10-6-13(8)7-4-5-14-12-7/h7-10H,6H2,1-5H3;5-6H,1-4H3,(H,11,13);4-6H,1-3H3. The minimum Gasteiger partial charge on any atom is -0.492 e. The van der Waals surface area contributed by atoms with Crippen LogP contribution in [0.3, 0.4) is 0 Å². The highest BCUT2D eigenvalue weighted by Crippen LogP contribution is 2.30. The van der Waals surface area contributed by atoms with Gasteiger partial charge in [0, 0.05) is 28.4 Å². The van der Waals surface area contributed by atoms with Gasteiger partial charge in [0.15, 0.2) is 5.82 Å². The van der Waals surface area contributed by atoms with E-state index < -0.39 is 0 Å². The van der Waals surface area contributed by atoms with E-state index in [2.05, 4.69) is 113 Å². The molecular weight excluding hydrogens is 608 g/mol. The van der Waals surface area contributed by atoms with Crippen LogP contribution in [0.15, 0.2) is 59.7 Å². The highest BCUT2D eigenvalue weighted by atomic mass is 16.5. The fourth-order valence-corrected chi connectivity index (χ4v) is 4.81. The van der Waals surface area contributed by atoms with Crippen molar-refractivity contribution in [3.8, 4) is 23.1 Å². The average molecular weight is 657 g/mol. The number of aromatic nitrogens is 12. The number of aromatic amines is 1. The third-order valence-corrected chi connectivity index (χ3v) is 7.01. The van der Waals surface area contributed by atoms with Crippen LogP contribution in [0.1, 0.15) is 98.4 Å². The van der Waals surface area contributed by atoms with Crippen molar-refractivity contribution < 1.29 is 9.26 Å². The van der Waals surface area contributed by atoms with Crippen molar-refractivity contribution in [1.29, 1.82) is 0 Å². The molecule has 1 aromatic carbocycles. The number of H-pyrrole nitrogens is 1. The molecule has 6 aromatic rings. The quantitative estimate of drug-likeness (QED) is 0.220. The molecule has 256 valence electrons. The normalized spacial score (nSPS) is 11.8. The van der Waals surface area contributed by atoms with Gasteiger partial charge < -0.3 is 9.26 Å². The van der Waals surface area contributed by atoms with Gasteiger partial charge in [-0.3, -0.25) is 18.8 Å². The molecule has 48 heavy (non-hydrogen) atoms. The summed E-state index contributed by atoms with van der Waals surface area (Å²) < 4.78 is 16.4. The zero-order valence-corrected chi connectivity index (χ0v) is 30.1. The van der Waals surface area contributed by atoms with Gasteiger partial charge in [-0.25, -0.2) is 0 Å². The van der Waals surface area contributed by atoms with E-state index in [0.29, 0.717) is 12.4 Å². The van der Waals surface area contributed by atoms with E-state index in [9.17, 15) is 0 Å². The number of hydrogen-bond acceptors (Lipinski definition) is 10. The summed E-state index contributed by atoms with van der Waals surface area (Å²) in [5, 5.41) is 35.5. The average Bonchev–Trinajstić information content (AvgIpc) is 3.82. The van der Waals surface area contributed by atoms with Gasteiger partial charge in [-0.05, 0) is 32.9 Å². The van der Waals surface area contributed by atoms with Crippen molar-refractivity contribution in [1.82, 2.24) is 59.6 Å². The Labute approximate surface area is 282 Å². The van der Waals surface area contributed by atoms with E-state index >= 15 is 0 Å². The zero-order valence-electron chi connectivity index (χ0n) is 30.1. The maximum Gasteiger partial charge on any atom is 0.182 e. The summed E-state index contributed by atoms with van der Waals surface area (Å²) in [5.41, 5.74) is 0.833. The Morgan fingerprint density at radius 2 is 1.33 bits per heavy atom. The van der Waals surface area contributed by atoms with Crippen LogP contribution in [0.4, 0.5) is 0 Å². The lowest BCUT2D eigenvalue weighted by molar-refractivity contribution is 0.338. The summed E-state index contributed by atoms with van der Waals surface area (Å²) in [6, 6.07) is 11.7. The van der Waals surface area contributed by atoms with Crippen LogP contribution in [0.2, 0.25) is 0 Å². The molecular formula is C34H48N12O2. The highest BCUT2D eigenvalue weighted by Gasteiger charge is 2.26. The Morgan fingerprint density at radius 3 is 1.88 bits per heavy atom. The number of aryl methyl sites for hydroxylation is 2. The third-order valence-electron chi connectivity index (χ3n) is 7.01. The van der Waals surface area contributed by atoms with Crippen LogP contribution in [0.25, 0.3) is 17.3 Å². The van der Waals surface area contributed by atoms with Crippen LogP contribution in [0, 0.1) is 13.8 Å². The van der Waals surface area contributed by atoms with Crippen LogP contribution in [-0.2, 0) is 16.2 Å². The van der Waals surface area contributed by atoms with E-state index in [1.807, 2.05) is 60.2 Å². The van der Waals surface area contributed by atoms with Crippen LogP contribution < -0.4 is 4.74 Å². The molecule has 0 aliphatic heterocycles. The smallest absolute Gasteiger partial charge is 0.182 e. The topological polar surface area (TPSA) is 156 Å². The predicted molar refractivity (Wildman–Crippen MR) is 183 cm³/mol. The molecule has 0 saturated heterocycles. The molecule has 0 aliphatic rings. The first kappa shape index (κ1) is 35.7. The molecule has 0 saturated carbocycles. The van der Waals surface area contributed by atoms with Crippen molar-refractivity contribution in [2.45, 2.75) is 99.3 Å². The molecule has 14 heteroatoms. The molecule has 0 atom stereocenters. The van der Waals surface area contributed by atoms with Gasteiger partial charge in [-0.15, -0.1) is 30.6 Å². The van der Waals surface area contributed by atoms with Crippen molar-refractivity contribution in [3.05, 3.63) is 84.3 Å². The van der Waals surface area contributed by atoms with Gasteiger partial charge in [0.25, 0.3) is 0 Å². The number of nitrogens with one attached hydrogen (secondary N) is 1. The second-order valence-corrected chi connectivity index (χ2v) is 14.3. The number of rotatable bonds is 5. The molecule has 0 radical (unpaired) electrons. The molecule has 0 bridgehead atoms. The fourth-order valence-electron chi connectivity index (χ4n) is 4.81. The summed E-state index contributed by atoms with van der Waals surface area (Å²) in [5.74, 6) is 6.95. The number of benzene rings is 1. The van der Waals surface area contributed by atoms with Crippen molar-refractivity contribution in [3.63, 3.8) is 0 Å².